The van der Waals surface area contributed by atoms with Gasteiger partial charge in [0.15, 0.2) is 0 Å². The predicted molar refractivity (Wildman–Crippen MR) is 86.4 cm³/mol. The maximum absolute atomic E-state index is 12.2. The van der Waals surface area contributed by atoms with Gasteiger partial charge in [0.05, 0.1) is 19.6 Å². The number of hydrogen-bond donors (Lipinski definition) is 4. The standard InChI is InChI=1S/C16H31NO7/c1-23-9-6-14(21)17-7-4-2-3-5-8-24-16(13(20)11-18)15(22)12(19)10-17/h12-13,15-16,18-20,22H,2-11H2,1H3/t12-,13+,15+,16+/m0/s1. The zero-order valence-corrected chi connectivity index (χ0v) is 14.3. The molecule has 1 fully saturated rings. The molecule has 4 atom stereocenters. The van der Waals surface area contributed by atoms with Crippen molar-refractivity contribution in [1.82, 2.24) is 4.90 Å². The summed E-state index contributed by atoms with van der Waals surface area (Å²) >= 11 is 0. The molecule has 0 aromatic rings. The summed E-state index contributed by atoms with van der Waals surface area (Å²) in [6.45, 7) is 0.498. The molecule has 1 heterocycles. The Kier molecular flexibility index (Phi) is 10.4. The van der Waals surface area contributed by atoms with E-state index in [1.54, 1.807) is 0 Å². The first-order chi connectivity index (χ1) is 11.5. The van der Waals surface area contributed by atoms with Gasteiger partial charge in [0.1, 0.15) is 24.4 Å². The molecule has 0 aliphatic carbocycles. The van der Waals surface area contributed by atoms with Crippen LogP contribution < -0.4 is 0 Å². The topological polar surface area (TPSA) is 120 Å². The van der Waals surface area contributed by atoms with Crippen molar-refractivity contribution in [2.75, 3.05) is 40.0 Å². The number of nitrogens with zero attached hydrogens (tertiary/aromatic N) is 1. The Balaban J connectivity index is 2.79. The van der Waals surface area contributed by atoms with Gasteiger partial charge in [0.2, 0.25) is 5.91 Å². The van der Waals surface area contributed by atoms with Gasteiger partial charge in [0, 0.05) is 26.8 Å². The van der Waals surface area contributed by atoms with Crippen LogP contribution >= 0.6 is 0 Å². The first kappa shape index (κ1) is 21.3. The Labute approximate surface area is 143 Å². The van der Waals surface area contributed by atoms with Crippen molar-refractivity contribution in [3.63, 3.8) is 0 Å². The molecule has 0 spiro atoms. The fourth-order valence-electron chi connectivity index (χ4n) is 2.74. The number of carbonyl (C=O) groups excluding carboxylic acids is 1. The summed E-state index contributed by atoms with van der Waals surface area (Å²) in [5.74, 6) is -0.152. The Morgan fingerprint density at radius 2 is 2.00 bits per heavy atom. The van der Waals surface area contributed by atoms with E-state index in [4.69, 9.17) is 14.6 Å². The van der Waals surface area contributed by atoms with Gasteiger partial charge in [-0.3, -0.25) is 4.79 Å². The number of β-amino-alcohol motifs (C(OH)–C–C–N with tert-alkyl or cyclic N) is 1. The monoisotopic (exact) mass is 349 g/mol. The summed E-state index contributed by atoms with van der Waals surface area (Å²) in [7, 11) is 1.51. The number of rotatable bonds is 5. The molecule has 24 heavy (non-hydrogen) atoms. The first-order valence-corrected chi connectivity index (χ1v) is 8.54. The van der Waals surface area contributed by atoms with Crippen LogP contribution in [-0.2, 0) is 14.3 Å². The van der Waals surface area contributed by atoms with Crippen LogP contribution in [0.15, 0.2) is 0 Å². The molecule has 8 heteroatoms. The van der Waals surface area contributed by atoms with Crippen LogP contribution in [-0.4, -0.2) is 95.7 Å². The average molecular weight is 349 g/mol. The molecule has 0 unspecified atom stereocenters. The molecule has 4 N–H and O–H groups in total. The van der Waals surface area contributed by atoms with E-state index < -0.39 is 31.0 Å². The zero-order chi connectivity index (χ0) is 17.9. The molecule has 1 saturated heterocycles. The minimum Gasteiger partial charge on any atom is -0.394 e. The van der Waals surface area contributed by atoms with Crippen molar-refractivity contribution in [2.24, 2.45) is 0 Å². The molecule has 0 aromatic heterocycles. The van der Waals surface area contributed by atoms with E-state index in [0.717, 1.165) is 25.7 Å². The van der Waals surface area contributed by atoms with Crippen LogP contribution in [0, 0.1) is 0 Å². The van der Waals surface area contributed by atoms with E-state index in [0.29, 0.717) is 19.8 Å². The van der Waals surface area contributed by atoms with Gasteiger partial charge in [-0.15, -0.1) is 0 Å². The number of carbonyl (C=O) groups is 1. The molecule has 0 bridgehead atoms. The number of methoxy groups -OCH3 is 1. The van der Waals surface area contributed by atoms with Gasteiger partial charge in [-0.05, 0) is 12.8 Å². The number of aliphatic hydroxyl groups is 4. The summed E-state index contributed by atoms with van der Waals surface area (Å²) in [6, 6.07) is 0. The molecule has 0 aromatic carbocycles. The fourth-order valence-corrected chi connectivity index (χ4v) is 2.74. The third-order valence-corrected chi connectivity index (χ3v) is 4.21. The van der Waals surface area contributed by atoms with Gasteiger partial charge in [-0.1, -0.05) is 12.8 Å². The van der Waals surface area contributed by atoms with E-state index in [-0.39, 0.29) is 18.9 Å². The summed E-state index contributed by atoms with van der Waals surface area (Å²) in [4.78, 5) is 13.7. The molecule has 0 saturated carbocycles. The summed E-state index contributed by atoms with van der Waals surface area (Å²) in [6.07, 6.45) is -1.48. The lowest BCUT2D eigenvalue weighted by Crippen LogP contribution is -2.52. The Morgan fingerprint density at radius 3 is 2.67 bits per heavy atom. The highest BCUT2D eigenvalue weighted by Crippen LogP contribution is 2.15. The second-order valence-electron chi connectivity index (χ2n) is 6.14. The second-order valence-corrected chi connectivity index (χ2v) is 6.14. The maximum Gasteiger partial charge on any atom is 0.224 e. The van der Waals surface area contributed by atoms with Gasteiger partial charge < -0.3 is 34.8 Å². The molecule has 1 amide bonds. The van der Waals surface area contributed by atoms with Crippen LogP contribution in [0.2, 0.25) is 0 Å². The molecular formula is C16H31NO7. The molecular weight excluding hydrogens is 318 g/mol. The Bertz CT molecular complexity index is 355. The number of aliphatic hydroxyl groups excluding tert-OH is 4. The van der Waals surface area contributed by atoms with Crippen molar-refractivity contribution in [1.29, 1.82) is 0 Å². The molecule has 0 radical (unpaired) electrons. The average Bonchev–Trinajstić information content (AvgIpc) is 2.58. The minimum absolute atomic E-state index is 0.0538. The minimum atomic E-state index is -1.40. The van der Waals surface area contributed by atoms with E-state index in [1.165, 1.54) is 12.0 Å². The van der Waals surface area contributed by atoms with Gasteiger partial charge in [-0.25, -0.2) is 0 Å². The normalized spacial score (nSPS) is 28.7. The highest BCUT2D eigenvalue weighted by Gasteiger charge is 2.34. The number of ether oxygens (including phenoxy) is 2. The van der Waals surface area contributed by atoms with Gasteiger partial charge >= 0.3 is 0 Å². The molecule has 1 aliphatic rings. The van der Waals surface area contributed by atoms with Crippen LogP contribution in [0.5, 0.6) is 0 Å². The lowest BCUT2D eigenvalue weighted by molar-refractivity contribution is -0.152. The predicted octanol–water partition coefficient (Wildman–Crippen LogP) is -1.11. The van der Waals surface area contributed by atoms with Crippen LogP contribution in [0.4, 0.5) is 0 Å². The van der Waals surface area contributed by atoms with Gasteiger partial charge in [0.25, 0.3) is 0 Å². The van der Waals surface area contributed by atoms with Crippen molar-refractivity contribution in [3.8, 4) is 0 Å². The maximum atomic E-state index is 12.2. The van der Waals surface area contributed by atoms with Crippen LogP contribution in [0.3, 0.4) is 0 Å². The molecule has 1 rings (SSSR count). The van der Waals surface area contributed by atoms with Crippen molar-refractivity contribution in [3.05, 3.63) is 0 Å². The lowest BCUT2D eigenvalue weighted by atomic mass is 10.0. The largest absolute Gasteiger partial charge is 0.394 e. The van der Waals surface area contributed by atoms with E-state index in [2.05, 4.69) is 0 Å². The van der Waals surface area contributed by atoms with E-state index in [9.17, 15) is 20.1 Å². The number of amides is 1. The summed E-state index contributed by atoms with van der Waals surface area (Å²) in [5.41, 5.74) is 0. The summed E-state index contributed by atoms with van der Waals surface area (Å²) in [5, 5.41) is 39.5. The second kappa shape index (κ2) is 11.7. The van der Waals surface area contributed by atoms with E-state index in [1.807, 2.05) is 0 Å². The van der Waals surface area contributed by atoms with Crippen molar-refractivity contribution >= 4 is 5.91 Å². The van der Waals surface area contributed by atoms with Crippen molar-refractivity contribution < 1.29 is 34.7 Å². The van der Waals surface area contributed by atoms with Crippen LogP contribution in [0.25, 0.3) is 0 Å². The fraction of sp³-hybridized carbons (Fsp3) is 0.938. The zero-order valence-electron chi connectivity index (χ0n) is 14.3. The molecule has 8 nitrogen and oxygen atoms in total. The first-order valence-electron chi connectivity index (χ1n) is 8.54. The van der Waals surface area contributed by atoms with Crippen LogP contribution in [0.1, 0.15) is 32.1 Å². The molecule has 142 valence electrons. The third-order valence-electron chi connectivity index (χ3n) is 4.21. The molecule has 1 aliphatic heterocycles. The quantitative estimate of drug-likeness (QED) is 0.497. The van der Waals surface area contributed by atoms with Crippen molar-refractivity contribution in [2.45, 2.75) is 56.5 Å². The third kappa shape index (κ3) is 7.00. The highest BCUT2D eigenvalue weighted by molar-refractivity contribution is 5.76. The van der Waals surface area contributed by atoms with Gasteiger partial charge in [-0.2, -0.15) is 0 Å². The van der Waals surface area contributed by atoms with E-state index >= 15 is 0 Å². The smallest absolute Gasteiger partial charge is 0.224 e. The highest BCUT2D eigenvalue weighted by atomic mass is 16.5. The lowest BCUT2D eigenvalue weighted by Gasteiger charge is -2.33. The summed E-state index contributed by atoms with van der Waals surface area (Å²) < 4.78 is 10.4. The Hall–Kier alpha value is -0.770. The Morgan fingerprint density at radius 1 is 1.29 bits per heavy atom. The number of hydrogen-bond acceptors (Lipinski definition) is 7. The SMILES string of the molecule is COCCC(=O)N1CCCCCCO[C@H]([C@H](O)CO)[C@H](O)[C@@H](O)C1.